The second-order valence-corrected chi connectivity index (χ2v) is 7.83. The smallest absolute Gasteiger partial charge is 0.339 e. The third-order valence-corrected chi connectivity index (χ3v) is 5.31. The van der Waals surface area contributed by atoms with Crippen LogP contribution >= 0.6 is 0 Å². The highest BCUT2D eigenvalue weighted by atomic mass is 19.4. The first-order valence-corrected chi connectivity index (χ1v) is 9.15. The zero-order valence-corrected chi connectivity index (χ0v) is 16.3. The number of guanidine groups is 1. The highest BCUT2D eigenvalue weighted by Gasteiger charge is 2.43. The van der Waals surface area contributed by atoms with Gasteiger partial charge < -0.3 is 15.5 Å². The quantitative estimate of drug-likeness (QED) is 0.628. The number of benzene rings is 1. The van der Waals surface area contributed by atoms with Crippen molar-refractivity contribution in [3.63, 3.8) is 0 Å². The van der Waals surface area contributed by atoms with Crippen LogP contribution in [-0.2, 0) is 6.18 Å². The average molecular weight is 438 g/mol. The summed E-state index contributed by atoms with van der Waals surface area (Å²) in [5.41, 5.74) is 1.14. The molecule has 2 N–H and O–H groups in total. The summed E-state index contributed by atoms with van der Waals surface area (Å²) >= 11 is 0. The van der Waals surface area contributed by atoms with Crippen molar-refractivity contribution in [2.45, 2.75) is 43.8 Å². The van der Waals surface area contributed by atoms with Crippen LogP contribution in [0.5, 0.6) is 0 Å². The maximum absolute atomic E-state index is 14.5. The molecule has 166 valence electrons. The first-order valence-electron chi connectivity index (χ1n) is 9.15. The van der Waals surface area contributed by atoms with Crippen LogP contribution in [0, 0.1) is 0 Å². The number of piperidine rings is 1. The van der Waals surface area contributed by atoms with Gasteiger partial charge in [-0.25, -0.2) is 9.38 Å². The number of rotatable bonds is 1. The Morgan fingerprint density at radius 2 is 1.83 bits per heavy atom. The lowest BCUT2D eigenvalue weighted by Gasteiger charge is -2.42. The van der Waals surface area contributed by atoms with Gasteiger partial charge in [0.25, 0.3) is 0 Å². The van der Waals surface area contributed by atoms with E-state index in [0.717, 1.165) is 0 Å². The van der Waals surface area contributed by atoms with Gasteiger partial charge in [0.2, 0.25) is 5.96 Å². The summed E-state index contributed by atoms with van der Waals surface area (Å²) in [7, 11) is 1.47. The normalized spacial score (nSPS) is 23.9. The van der Waals surface area contributed by atoms with Gasteiger partial charge in [-0.05, 0) is 31.9 Å². The van der Waals surface area contributed by atoms with Gasteiger partial charge in [-0.2, -0.15) is 26.3 Å². The Morgan fingerprint density at radius 1 is 1.20 bits per heavy atom. The highest BCUT2D eigenvalue weighted by molar-refractivity contribution is 5.97. The van der Waals surface area contributed by atoms with Crippen LogP contribution in [0.25, 0.3) is 5.70 Å². The van der Waals surface area contributed by atoms with Gasteiger partial charge in [-0.15, -0.1) is 0 Å². The highest BCUT2D eigenvalue weighted by Crippen LogP contribution is 2.45. The Balaban J connectivity index is 2.21. The summed E-state index contributed by atoms with van der Waals surface area (Å²) in [5.74, 6) is 0.117. The van der Waals surface area contributed by atoms with Crippen LogP contribution in [0.1, 0.15) is 42.5 Å². The minimum absolute atomic E-state index is 0.0165. The van der Waals surface area contributed by atoms with Gasteiger partial charge in [0.05, 0.1) is 17.8 Å². The van der Waals surface area contributed by atoms with E-state index < -0.39 is 35.2 Å². The summed E-state index contributed by atoms with van der Waals surface area (Å²) in [6.07, 6.45) is -9.07. The van der Waals surface area contributed by atoms with Gasteiger partial charge in [0, 0.05) is 30.4 Å². The van der Waals surface area contributed by atoms with E-state index in [0.29, 0.717) is 31.5 Å². The molecule has 1 aromatic rings. The van der Waals surface area contributed by atoms with Crippen molar-refractivity contribution in [1.82, 2.24) is 9.80 Å². The molecule has 1 aromatic carbocycles. The Kier molecular flexibility index (Phi) is 5.33. The number of hydrogen-bond acceptors (Lipinski definition) is 4. The number of fused-ring (bicyclic) bond motifs is 1. The lowest BCUT2D eigenvalue weighted by Crippen LogP contribution is -2.51. The molecule has 2 atom stereocenters. The maximum Gasteiger partial charge on any atom is 0.416 e. The molecule has 11 heteroatoms. The fourth-order valence-electron chi connectivity index (χ4n) is 3.70. The van der Waals surface area contributed by atoms with Crippen molar-refractivity contribution in [2.24, 2.45) is 10.7 Å². The molecule has 0 bridgehead atoms. The Hall–Kier alpha value is -2.30. The Morgan fingerprint density at radius 3 is 2.37 bits per heavy atom. The van der Waals surface area contributed by atoms with E-state index in [2.05, 4.69) is 11.6 Å². The van der Waals surface area contributed by atoms with Crippen LogP contribution in [-0.4, -0.2) is 47.7 Å². The fourth-order valence-corrected chi connectivity index (χ4v) is 3.70. The first kappa shape index (κ1) is 22.4. The third kappa shape index (κ3) is 4.12. The zero-order chi connectivity index (χ0) is 22.6. The van der Waals surface area contributed by atoms with Crippen LogP contribution in [0.3, 0.4) is 0 Å². The number of halogens is 7. The van der Waals surface area contributed by atoms with Crippen molar-refractivity contribution in [3.05, 3.63) is 35.4 Å². The summed E-state index contributed by atoms with van der Waals surface area (Å²) in [5, 5.41) is 0. The van der Waals surface area contributed by atoms with E-state index in [1.807, 2.05) is 0 Å². The van der Waals surface area contributed by atoms with Crippen molar-refractivity contribution in [1.29, 1.82) is 0 Å². The summed E-state index contributed by atoms with van der Waals surface area (Å²) < 4.78 is 94.4. The van der Waals surface area contributed by atoms with E-state index in [4.69, 9.17) is 5.73 Å². The molecule has 1 fully saturated rings. The van der Waals surface area contributed by atoms with Gasteiger partial charge in [-0.1, -0.05) is 6.58 Å². The third-order valence-electron chi connectivity index (χ3n) is 5.31. The van der Waals surface area contributed by atoms with Crippen molar-refractivity contribution in [2.75, 3.05) is 20.1 Å². The molecule has 0 aliphatic carbocycles. The largest absolute Gasteiger partial charge is 0.416 e. The summed E-state index contributed by atoms with van der Waals surface area (Å²) in [4.78, 5) is 7.13. The number of nitrogens with zero attached hydrogens (tertiary/aromatic N) is 3. The molecule has 0 spiro atoms. The van der Waals surface area contributed by atoms with E-state index >= 15 is 0 Å². The first-order chi connectivity index (χ1) is 13.6. The predicted molar refractivity (Wildman–Crippen MR) is 98.6 cm³/mol. The maximum atomic E-state index is 14.5. The predicted octanol–water partition coefficient (Wildman–Crippen LogP) is 5.00. The SMILES string of the molecule is C=C1c2cc(C(F)(F)F)cc([C@H](N)C(F)(F)F)c2N=C(N2CCCC(C)(F)C2)N1C. The van der Waals surface area contributed by atoms with Crippen molar-refractivity contribution >= 4 is 17.3 Å². The van der Waals surface area contributed by atoms with Gasteiger partial charge in [0.1, 0.15) is 11.7 Å². The van der Waals surface area contributed by atoms with E-state index in [1.165, 1.54) is 18.9 Å². The molecule has 4 nitrogen and oxygen atoms in total. The lowest BCUT2D eigenvalue weighted by molar-refractivity contribution is -0.150. The van der Waals surface area contributed by atoms with Crippen LogP contribution < -0.4 is 5.73 Å². The van der Waals surface area contributed by atoms with E-state index in [1.54, 1.807) is 4.90 Å². The second-order valence-electron chi connectivity index (χ2n) is 7.83. The van der Waals surface area contributed by atoms with E-state index in [-0.39, 0.29) is 29.5 Å². The number of aliphatic imine (C=N–C) groups is 1. The molecule has 1 unspecified atom stereocenters. The molecule has 0 saturated carbocycles. The number of hydrogen-bond donors (Lipinski definition) is 1. The molecule has 2 heterocycles. The van der Waals surface area contributed by atoms with Crippen LogP contribution in [0.4, 0.5) is 36.4 Å². The van der Waals surface area contributed by atoms with Gasteiger partial charge in [0.15, 0.2) is 0 Å². The molecular weight excluding hydrogens is 417 g/mol. The molecule has 3 rings (SSSR count). The molecule has 2 aliphatic heterocycles. The standard InChI is InChI=1S/C19H21F7N4/c1-10-12-7-11(18(21,22)23)8-13(15(27)19(24,25)26)14(12)28-16(29(10)3)30-6-4-5-17(2,20)9-30/h7-8,15H,1,4-6,9,27H2,2-3H3/t15-,17?/m0/s1. The molecular formula is C19H21F7N4. The van der Waals surface area contributed by atoms with Gasteiger partial charge in [-0.3, -0.25) is 0 Å². The Labute approximate surface area is 168 Å². The average Bonchev–Trinajstić information content (AvgIpc) is 2.60. The Bertz CT molecular complexity index is 886. The van der Waals surface area contributed by atoms with Crippen molar-refractivity contribution in [3.8, 4) is 0 Å². The number of nitrogens with two attached hydrogens (primary N) is 1. The molecule has 2 aliphatic rings. The van der Waals surface area contributed by atoms with E-state index in [9.17, 15) is 30.7 Å². The summed E-state index contributed by atoms with van der Waals surface area (Å²) in [6.45, 7) is 5.49. The second kappa shape index (κ2) is 7.14. The number of likely N-dealkylation sites (tertiary alicyclic amines) is 1. The van der Waals surface area contributed by atoms with Gasteiger partial charge >= 0.3 is 12.4 Å². The van der Waals surface area contributed by atoms with Crippen LogP contribution in [0.2, 0.25) is 0 Å². The molecule has 30 heavy (non-hydrogen) atoms. The van der Waals surface area contributed by atoms with Crippen LogP contribution in [0.15, 0.2) is 23.7 Å². The lowest BCUT2D eigenvalue weighted by atomic mass is 9.94. The zero-order valence-electron chi connectivity index (χ0n) is 16.3. The number of alkyl halides is 7. The minimum Gasteiger partial charge on any atom is -0.339 e. The molecule has 0 radical (unpaired) electrons. The molecule has 1 saturated heterocycles. The summed E-state index contributed by atoms with van der Waals surface area (Å²) in [6, 6.07) is -1.61. The minimum atomic E-state index is -4.99. The monoisotopic (exact) mass is 438 g/mol. The molecule has 0 aromatic heterocycles. The topological polar surface area (TPSA) is 44.9 Å². The van der Waals surface area contributed by atoms with Crippen molar-refractivity contribution < 1.29 is 30.7 Å². The fraction of sp³-hybridized carbons (Fsp3) is 0.526. The molecule has 0 amide bonds.